The predicted molar refractivity (Wildman–Crippen MR) is 69.3 cm³/mol. The van der Waals surface area contributed by atoms with Crippen molar-refractivity contribution in [3.63, 3.8) is 0 Å². The smallest absolute Gasteiger partial charge is 0.152 e. The molecule has 0 aliphatic carbocycles. The molecule has 1 aliphatic heterocycles. The van der Waals surface area contributed by atoms with Gasteiger partial charge in [-0.15, -0.1) is 0 Å². The van der Waals surface area contributed by atoms with Gasteiger partial charge >= 0.3 is 0 Å². The first-order valence-electron chi connectivity index (χ1n) is 5.93. The third-order valence-corrected chi connectivity index (χ3v) is 5.00. The highest BCUT2D eigenvalue weighted by molar-refractivity contribution is 7.91. The quantitative estimate of drug-likeness (QED) is 0.897. The number of rotatable bonds is 2. The molecule has 2 aromatic rings. The standard InChI is InChI=1S/C12H14N2O3S/c15-18(16)7-1-2-9(8-18)14-12-10-4-6-17-11(10)3-5-13-12/h3-6,9H,1-2,7-8H2,(H,13,14). The Kier molecular flexibility index (Phi) is 2.74. The van der Waals surface area contributed by atoms with E-state index in [-0.39, 0.29) is 11.8 Å². The topological polar surface area (TPSA) is 72.2 Å². The number of nitrogens with one attached hydrogen (secondary N) is 1. The Morgan fingerprint density at radius 3 is 3.11 bits per heavy atom. The summed E-state index contributed by atoms with van der Waals surface area (Å²) in [6, 6.07) is 3.57. The molecule has 3 rings (SSSR count). The van der Waals surface area contributed by atoms with E-state index in [9.17, 15) is 8.42 Å². The van der Waals surface area contributed by atoms with Crippen molar-refractivity contribution >= 4 is 26.6 Å². The van der Waals surface area contributed by atoms with E-state index in [0.717, 1.165) is 17.4 Å². The van der Waals surface area contributed by atoms with Crippen LogP contribution >= 0.6 is 0 Å². The zero-order valence-corrected chi connectivity index (χ0v) is 10.6. The number of aromatic nitrogens is 1. The molecular weight excluding hydrogens is 252 g/mol. The Hall–Kier alpha value is -1.56. The fourth-order valence-electron chi connectivity index (χ4n) is 2.34. The first-order valence-corrected chi connectivity index (χ1v) is 7.75. The average Bonchev–Trinajstić information content (AvgIpc) is 2.77. The minimum atomic E-state index is -2.91. The second-order valence-electron chi connectivity index (χ2n) is 4.59. The van der Waals surface area contributed by atoms with Crippen LogP contribution in [0.2, 0.25) is 0 Å². The number of sulfone groups is 1. The Morgan fingerprint density at radius 2 is 2.28 bits per heavy atom. The van der Waals surface area contributed by atoms with Crippen LogP contribution < -0.4 is 5.32 Å². The average molecular weight is 266 g/mol. The minimum absolute atomic E-state index is 0.0586. The number of hydrogen-bond acceptors (Lipinski definition) is 5. The Balaban J connectivity index is 1.86. The van der Waals surface area contributed by atoms with E-state index in [4.69, 9.17) is 4.42 Å². The normalized spacial score (nSPS) is 23.0. The van der Waals surface area contributed by atoms with Crippen molar-refractivity contribution < 1.29 is 12.8 Å². The molecule has 0 amide bonds. The van der Waals surface area contributed by atoms with Crippen molar-refractivity contribution in [3.8, 4) is 0 Å². The zero-order valence-electron chi connectivity index (χ0n) is 9.80. The summed E-state index contributed by atoms with van der Waals surface area (Å²) >= 11 is 0. The van der Waals surface area contributed by atoms with E-state index < -0.39 is 9.84 Å². The summed E-state index contributed by atoms with van der Waals surface area (Å²) in [5, 5.41) is 4.10. The molecule has 0 bridgehead atoms. The highest BCUT2D eigenvalue weighted by atomic mass is 32.2. The molecule has 0 spiro atoms. The van der Waals surface area contributed by atoms with E-state index >= 15 is 0 Å². The molecule has 0 saturated carbocycles. The highest BCUT2D eigenvalue weighted by Crippen LogP contribution is 2.24. The number of hydrogen-bond donors (Lipinski definition) is 1. The second kappa shape index (κ2) is 4.28. The highest BCUT2D eigenvalue weighted by Gasteiger charge is 2.25. The number of fused-ring (bicyclic) bond motifs is 1. The molecule has 1 atom stereocenters. The summed E-state index contributed by atoms with van der Waals surface area (Å²) in [7, 11) is -2.91. The maximum Gasteiger partial charge on any atom is 0.152 e. The fourth-order valence-corrected chi connectivity index (χ4v) is 3.98. The molecule has 5 nitrogen and oxygen atoms in total. The molecule has 18 heavy (non-hydrogen) atoms. The molecule has 1 N–H and O–H groups in total. The van der Waals surface area contributed by atoms with Gasteiger partial charge in [-0.05, 0) is 25.0 Å². The Morgan fingerprint density at radius 1 is 1.39 bits per heavy atom. The van der Waals surface area contributed by atoms with Gasteiger partial charge in [0.05, 0.1) is 23.2 Å². The monoisotopic (exact) mass is 266 g/mol. The van der Waals surface area contributed by atoms with Gasteiger partial charge in [0.15, 0.2) is 9.84 Å². The van der Waals surface area contributed by atoms with Crippen molar-refractivity contribution in [2.24, 2.45) is 0 Å². The van der Waals surface area contributed by atoms with Crippen LogP contribution in [0.1, 0.15) is 12.8 Å². The van der Waals surface area contributed by atoms with Crippen LogP contribution in [-0.2, 0) is 9.84 Å². The van der Waals surface area contributed by atoms with Gasteiger partial charge in [-0.3, -0.25) is 0 Å². The van der Waals surface area contributed by atoms with Crippen LogP contribution in [0.4, 0.5) is 5.82 Å². The second-order valence-corrected chi connectivity index (χ2v) is 6.82. The fraction of sp³-hybridized carbons (Fsp3) is 0.417. The third-order valence-electron chi connectivity index (χ3n) is 3.18. The summed E-state index contributed by atoms with van der Waals surface area (Å²) in [5.74, 6) is 1.18. The third kappa shape index (κ3) is 2.20. The molecule has 0 radical (unpaired) electrons. The lowest BCUT2D eigenvalue weighted by atomic mass is 10.2. The zero-order chi connectivity index (χ0) is 12.6. The van der Waals surface area contributed by atoms with E-state index in [1.165, 1.54) is 0 Å². The van der Waals surface area contributed by atoms with Gasteiger partial charge in [-0.25, -0.2) is 13.4 Å². The molecule has 6 heteroatoms. The SMILES string of the molecule is O=S1(=O)CCCC(Nc2nccc3occc23)C1. The van der Waals surface area contributed by atoms with Gasteiger partial charge in [-0.2, -0.15) is 0 Å². The van der Waals surface area contributed by atoms with Crippen LogP contribution in [0.15, 0.2) is 29.0 Å². The number of anilines is 1. The van der Waals surface area contributed by atoms with Crippen molar-refractivity contribution in [1.29, 1.82) is 0 Å². The Labute approximate surface area is 105 Å². The van der Waals surface area contributed by atoms with Crippen LogP contribution in [-0.4, -0.2) is 30.9 Å². The van der Waals surface area contributed by atoms with Crippen LogP contribution in [0.5, 0.6) is 0 Å². The summed E-state index contributed by atoms with van der Waals surface area (Å²) in [6.45, 7) is 0. The molecule has 3 heterocycles. The molecule has 1 aliphatic rings. The molecule has 1 unspecified atom stereocenters. The van der Waals surface area contributed by atoms with Gasteiger partial charge in [0, 0.05) is 12.2 Å². The number of nitrogens with zero attached hydrogens (tertiary/aromatic N) is 1. The number of pyridine rings is 1. The van der Waals surface area contributed by atoms with E-state index in [2.05, 4.69) is 10.3 Å². The lowest BCUT2D eigenvalue weighted by molar-refractivity contribution is 0.561. The summed E-state index contributed by atoms with van der Waals surface area (Å²) in [5.41, 5.74) is 0.756. The molecule has 0 aromatic carbocycles. The molecule has 2 aromatic heterocycles. The summed E-state index contributed by atoms with van der Waals surface area (Å²) in [4.78, 5) is 4.26. The largest absolute Gasteiger partial charge is 0.464 e. The predicted octanol–water partition coefficient (Wildman–Crippen LogP) is 1.82. The number of furan rings is 1. The molecule has 1 saturated heterocycles. The van der Waals surface area contributed by atoms with Crippen LogP contribution in [0.3, 0.4) is 0 Å². The van der Waals surface area contributed by atoms with Gasteiger partial charge < -0.3 is 9.73 Å². The summed E-state index contributed by atoms with van der Waals surface area (Å²) < 4.78 is 28.5. The van der Waals surface area contributed by atoms with Crippen molar-refractivity contribution in [2.45, 2.75) is 18.9 Å². The van der Waals surface area contributed by atoms with E-state index in [1.807, 2.05) is 6.07 Å². The Bertz CT molecular complexity index is 663. The minimum Gasteiger partial charge on any atom is -0.464 e. The first kappa shape index (κ1) is 11.5. The van der Waals surface area contributed by atoms with Crippen molar-refractivity contribution in [3.05, 3.63) is 24.6 Å². The maximum atomic E-state index is 11.6. The van der Waals surface area contributed by atoms with Gasteiger partial charge in [0.2, 0.25) is 0 Å². The van der Waals surface area contributed by atoms with E-state index in [1.54, 1.807) is 18.5 Å². The van der Waals surface area contributed by atoms with Gasteiger partial charge in [0.25, 0.3) is 0 Å². The molecular formula is C12H14N2O3S. The van der Waals surface area contributed by atoms with Gasteiger partial charge in [-0.1, -0.05) is 0 Å². The maximum absolute atomic E-state index is 11.6. The lowest BCUT2D eigenvalue weighted by Gasteiger charge is -2.23. The van der Waals surface area contributed by atoms with Crippen LogP contribution in [0, 0.1) is 0 Å². The summed E-state index contributed by atoms with van der Waals surface area (Å²) in [6.07, 6.45) is 4.83. The van der Waals surface area contributed by atoms with E-state index in [0.29, 0.717) is 18.0 Å². The first-order chi connectivity index (χ1) is 8.64. The van der Waals surface area contributed by atoms with Crippen molar-refractivity contribution in [2.75, 3.05) is 16.8 Å². The molecule has 96 valence electrons. The van der Waals surface area contributed by atoms with Crippen molar-refractivity contribution in [1.82, 2.24) is 4.98 Å². The van der Waals surface area contributed by atoms with Gasteiger partial charge in [0.1, 0.15) is 11.4 Å². The molecule has 1 fully saturated rings. The van der Waals surface area contributed by atoms with Crippen LogP contribution in [0.25, 0.3) is 11.0 Å². The lowest BCUT2D eigenvalue weighted by Crippen LogP contribution is -2.35.